The molecule has 2 heterocycles. The van der Waals surface area contributed by atoms with Crippen LogP contribution in [0.2, 0.25) is 0 Å². The molecule has 3 unspecified atom stereocenters. The van der Waals surface area contributed by atoms with Gasteiger partial charge in [0.25, 0.3) is 0 Å². The van der Waals surface area contributed by atoms with Crippen LogP contribution < -0.4 is 5.32 Å². The van der Waals surface area contributed by atoms with Gasteiger partial charge < -0.3 is 14.4 Å². The first kappa shape index (κ1) is 15.7. The maximum Gasteiger partial charge on any atom is 0.241 e. The topological polar surface area (TPSA) is 50.8 Å². The number of nitrogens with zero attached hydrogens (tertiary/aromatic N) is 1. The maximum absolute atomic E-state index is 12.6. The number of rotatable bonds is 5. The highest BCUT2D eigenvalue weighted by atomic mass is 16.6. The summed E-state index contributed by atoms with van der Waals surface area (Å²) in [4.78, 5) is 14.5. The molecule has 116 valence electrons. The van der Waals surface area contributed by atoms with E-state index in [1.165, 1.54) is 0 Å². The lowest BCUT2D eigenvalue weighted by Gasteiger charge is -2.31. The summed E-state index contributed by atoms with van der Waals surface area (Å²) in [6.07, 6.45) is 1.11. The lowest BCUT2D eigenvalue weighted by Crippen LogP contribution is -2.46. The Bertz CT molecular complexity index is 327. The SMILES string of the molecule is CC(C)CC1NC(C(C)C)C(=O)N1CC1COCCO1. The third kappa shape index (κ3) is 3.71. The zero-order chi connectivity index (χ0) is 14.7. The van der Waals surface area contributed by atoms with E-state index in [4.69, 9.17) is 9.47 Å². The molecule has 2 rings (SSSR count). The lowest BCUT2D eigenvalue weighted by atomic mass is 10.0. The molecule has 2 saturated heterocycles. The first-order valence-electron chi connectivity index (χ1n) is 7.75. The minimum absolute atomic E-state index is 0.00933. The van der Waals surface area contributed by atoms with Crippen LogP contribution in [0, 0.1) is 11.8 Å². The van der Waals surface area contributed by atoms with E-state index in [1.807, 2.05) is 4.90 Å². The fraction of sp³-hybridized carbons (Fsp3) is 0.933. The van der Waals surface area contributed by atoms with Gasteiger partial charge in [-0.3, -0.25) is 10.1 Å². The van der Waals surface area contributed by atoms with Gasteiger partial charge in [0.2, 0.25) is 5.91 Å². The molecule has 0 aromatic rings. The largest absolute Gasteiger partial charge is 0.376 e. The zero-order valence-corrected chi connectivity index (χ0v) is 13.1. The molecular formula is C15H28N2O3. The van der Waals surface area contributed by atoms with Gasteiger partial charge in [-0.2, -0.15) is 0 Å². The van der Waals surface area contributed by atoms with Crippen molar-refractivity contribution in [1.82, 2.24) is 10.2 Å². The second kappa shape index (κ2) is 6.87. The summed E-state index contributed by atoms with van der Waals surface area (Å²) < 4.78 is 11.1. The Morgan fingerprint density at radius 1 is 1.30 bits per heavy atom. The Balaban J connectivity index is 2.02. The molecule has 1 amide bonds. The smallest absolute Gasteiger partial charge is 0.241 e. The van der Waals surface area contributed by atoms with Gasteiger partial charge in [0, 0.05) is 0 Å². The summed E-state index contributed by atoms with van der Waals surface area (Å²) in [5, 5.41) is 3.49. The van der Waals surface area contributed by atoms with Crippen molar-refractivity contribution < 1.29 is 14.3 Å². The van der Waals surface area contributed by atoms with E-state index in [-0.39, 0.29) is 24.2 Å². The molecule has 3 atom stereocenters. The Labute approximate surface area is 122 Å². The predicted octanol–water partition coefficient (Wildman–Crippen LogP) is 1.23. The molecule has 20 heavy (non-hydrogen) atoms. The van der Waals surface area contributed by atoms with E-state index in [0.29, 0.717) is 38.2 Å². The standard InChI is InChI=1S/C15H28N2O3/c1-10(2)7-13-16-14(11(3)4)15(18)17(13)8-12-9-19-5-6-20-12/h10-14,16H,5-9H2,1-4H3. The summed E-state index contributed by atoms with van der Waals surface area (Å²) in [6.45, 7) is 11.1. The normalized spacial score (nSPS) is 31.6. The van der Waals surface area contributed by atoms with Gasteiger partial charge >= 0.3 is 0 Å². The predicted molar refractivity (Wildman–Crippen MR) is 77.3 cm³/mol. The van der Waals surface area contributed by atoms with Crippen molar-refractivity contribution in [3.05, 3.63) is 0 Å². The highest BCUT2D eigenvalue weighted by Crippen LogP contribution is 2.22. The first-order chi connectivity index (χ1) is 9.49. The van der Waals surface area contributed by atoms with Gasteiger partial charge in [-0.15, -0.1) is 0 Å². The molecule has 0 aromatic carbocycles. The van der Waals surface area contributed by atoms with E-state index in [1.54, 1.807) is 0 Å². The molecule has 0 saturated carbocycles. The highest BCUT2D eigenvalue weighted by molar-refractivity contribution is 5.84. The average molecular weight is 284 g/mol. The molecule has 5 heteroatoms. The third-order valence-corrected chi connectivity index (χ3v) is 3.94. The van der Waals surface area contributed by atoms with Crippen LogP contribution in [0.4, 0.5) is 0 Å². The molecule has 1 N–H and O–H groups in total. The molecular weight excluding hydrogens is 256 g/mol. The minimum atomic E-state index is -0.0664. The summed E-state index contributed by atoms with van der Waals surface area (Å²) in [5.41, 5.74) is 0. The maximum atomic E-state index is 12.6. The molecule has 0 radical (unpaired) electrons. The van der Waals surface area contributed by atoms with E-state index in [2.05, 4.69) is 33.0 Å². The van der Waals surface area contributed by atoms with E-state index < -0.39 is 0 Å². The number of carbonyl (C=O) groups excluding carboxylic acids is 1. The highest BCUT2D eigenvalue weighted by Gasteiger charge is 2.41. The number of hydrogen-bond donors (Lipinski definition) is 1. The van der Waals surface area contributed by atoms with Gasteiger partial charge in [-0.05, 0) is 18.3 Å². The van der Waals surface area contributed by atoms with Crippen molar-refractivity contribution in [2.24, 2.45) is 11.8 Å². The number of amides is 1. The van der Waals surface area contributed by atoms with Gasteiger partial charge in [-0.25, -0.2) is 0 Å². The van der Waals surface area contributed by atoms with Crippen molar-refractivity contribution in [2.75, 3.05) is 26.4 Å². The quantitative estimate of drug-likeness (QED) is 0.825. The second-order valence-corrected chi connectivity index (χ2v) is 6.59. The molecule has 0 aromatic heterocycles. The van der Waals surface area contributed by atoms with Gasteiger partial charge in [-0.1, -0.05) is 27.7 Å². The van der Waals surface area contributed by atoms with Crippen molar-refractivity contribution in [2.45, 2.75) is 52.4 Å². The fourth-order valence-electron chi connectivity index (χ4n) is 2.90. The third-order valence-electron chi connectivity index (χ3n) is 3.94. The average Bonchev–Trinajstić information content (AvgIpc) is 2.68. The van der Waals surface area contributed by atoms with Crippen LogP contribution in [0.1, 0.15) is 34.1 Å². The number of hydrogen-bond acceptors (Lipinski definition) is 4. The van der Waals surface area contributed by atoms with Crippen LogP contribution in [0.5, 0.6) is 0 Å². The molecule has 0 spiro atoms. The Morgan fingerprint density at radius 3 is 2.60 bits per heavy atom. The fourth-order valence-corrected chi connectivity index (χ4v) is 2.90. The lowest BCUT2D eigenvalue weighted by molar-refractivity contribution is -0.137. The van der Waals surface area contributed by atoms with Crippen LogP contribution in [-0.2, 0) is 14.3 Å². The summed E-state index contributed by atoms with van der Waals surface area (Å²) in [5.74, 6) is 1.07. The summed E-state index contributed by atoms with van der Waals surface area (Å²) in [6, 6.07) is -0.0664. The Kier molecular flexibility index (Phi) is 5.41. The van der Waals surface area contributed by atoms with Crippen LogP contribution in [0.15, 0.2) is 0 Å². The monoisotopic (exact) mass is 284 g/mol. The molecule has 2 fully saturated rings. The van der Waals surface area contributed by atoms with E-state index in [0.717, 1.165) is 6.42 Å². The van der Waals surface area contributed by atoms with Crippen LogP contribution in [0.25, 0.3) is 0 Å². The molecule has 2 aliphatic heterocycles. The van der Waals surface area contributed by atoms with Crippen LogP contribution >= 0.6 is 0 Å². The number of nitrogens with one attached hydrogen (secondary N) is 1. The van der Waals surface area contributed by atoms with Crippen LogP contribution in [0.3, 0.4) is 0 Å². The summed E-state index contributed by atoms with van der Waals surface area (Å²) >= 11 is 0. The van der Waals surface area contributed by atoms with E-state index in [9.17, 15) is 4.79 Å². The van der Waals surface area contributed by atoms with Gasteiger partial charge in [0.05, 0.1) is 44.7 Å². The zero-order valence-electron chi connectivity index (χ0n) is 13.1. The molecule has 5 nitrogen and oxygen atoms in total. The van der Waals surface area contributed by atoms with Crippen molar-refractivity contribution in [3.8, 4) is 0 Å². The molecule has 0 aliphatic carbocycles. The van der Waals surface area contributed by atoms with Gasteiger partial charge in [0.15, 0.2) is 0 Å². The number of ether oxygens (including phenoxy) is 2. The van der Waals surface area contributed by atoms with E-state index >= 15 is 0 Å². The molecule has 2 aliphatic rings. The van der Waals surface area contributed by atoms with Crippen molar-refractivity contribution in [1.29, 1.82) is 0 Å². The van der Waals surface area contributed by atoms with Crippen molar-refractivity contribution >= 4 is 5.91 Å². The van der Waals surface area contributed by atoms with Gasteiger partial charge in [0.1, 0.15) is 0 Å². The number of carbonyl (C=O) groups is 1. The van der Waals surface area contributed by atoms with Crippen molar-refractivity contribution in [3.63, 3.8) is 0 Å². The summed E-state index contributed by atoms with van der Waals surface area (Å²) in [7, 11) is 0. The Morgan fingerprint density at radius 2 is 2.05 bits per heavy atom. The van der Waals surface area contributed by atoms with Crippen LogP contribution in [-0.4, -0.2) is 55.5 Å². The first-order valence-corrected chi connectivity index (χ1v) is 7.75. The second-order valence-electron chi connectivity index (χ2n) is 6.59. The molecule has 0 bridgehead atoms. The Hall–Kier alpha value is -0.650. The minimum Gasteiger partial charge on any atom is -0.376 e.